The predicted octanol–water partition coefficient (Wildman–Crippen LogP) is 3.62. The molecule has 0 fully saturated rings. The zero-order valence-corrected chi connectivity index (χ0v) is 15.3. The second-order valence-corrected chi connectivity index (χ2v) is 8.64. The van der Waals surface area contributed by atoms with Crippen LogP contribution in [-0.2, 0) is 22.9 Å². The number of para-hydroxylation sites is 1. The van der Waals surface area contributed by atoms with E-state index in [-0.39, 0.29) is 6.04 Å². The van der Waals surface area contributed by atoms with Crippen LogP contribution in [-0.4, -0.2) is 19.4 Å². The van der Waals surface area contributed by atoms with Gasteiger partial charge in [0.25, 0.3) is 0 Å². The van der Waals surface area contributed by atoms with Crippen molar-refractivity contribution >= 4 is 20.9 Å². The Hall–Kier alpha value is -2.11. The minimum atomic E-state index is -3.51. The van der Waals surface area contributed by atoms with Crippen molar-refractivity contribution in [3.63, 3.8) is 0 Å². The molecule has 1 aromatic heterocycles. The standard InChI is InChI=1S/C20H22N2O2S/c1-13-7-8-14(2)20(11-13)25(23,24)22-15-9-10-19-17(12-15)16-5-3-4-6-18(16)21-19/h3-8,11,15,21-22H,9-10,12H2,1-2H3. The molecule has 0 bridgehead atoms. The van der Waals surface area contributed by atoms with Crippen LogP contribution < -0.4 is 4.72 Å². The van der Waals surface area contributed by atoms with Gasteiger partial charge in [0.15, 0.2) is 0 Å². The molecular formula is C20H22N2O2S. The maximum absolute atomic E-state index is 12.9. The number of benzene rings is 2. The van der Waals surface area contributed by atoms with Gasteiger partial charge in [0.2, 0.25) is 10.0 Å². The Labute approximate surface area is 148 Å². The summed E-state index contributed by atoms with van der Waals surface area (Å²) in [6.07, 6.45) is 2.40. The third-order valence-electron chi connectivity index (χ3n) is 5.05. The maximum Gasteiger partial charge on any atom is 0.241 e. The minimum absolute atomic E-state index is 0.0726. The van der Waals surface area contributed by atoms with E-state index in [0.717, 1.165) is 35.9 Å². The van der Waals surface area contributed by atoms with Crippen LogP contribution in [0.15, 0.2) is 47.4 Å². The summed E-state index contributed by atoms with van der Waals surface area (Å²) in [5.41, 5.74) is 5.35. The fourth-order valence-electron chi connectivity index (χ4n) is 3.75. The van der Waals surface area contributed by atoms with Crippen molar-refractivity contribution in [1.29, 1.82) is 0 Å². The Morgan fingerprint density at radius 3 is 2.76 bits per heavy atom. The van der Waals surface area contributed by atoms with Crippen LogP contribution in [0, 0.1) is 13.8 Å². The van der Waals surface area contributed by atoms with E-state index in [1.54, 1.807) is 6.07 Å². The first kappa shape index (κ1) is 16.4. The lowest BCUT2D eigenvalue weighted by atomic mass is 9.92. The van der Waals surface area contributed by atoms with Gasteiger partial charge in [-0.15, -0.1) is 0 Å². The molecule has 0 aliphatic heterocycles. The van der Waals surface area contributed by atoms with E-state index in [2.05, 4.69) is 21.8 Å². The number of aryl methyl sites for hydroxylation is 3. The van der Waals surface area contributed by atoms with Crippen molar-refractivity contribution in [2.45, 2.75) is 44.0 Å². The van der Waals surface area contributed by atoms with Gasteiger partial charge >= 0.3 is 0 Å². The van der Waals surface area contributed by atoms with E-state index in [1.807, 2.05) is 38.1 Å². The van der Waals surface area contributed by atoms with Crippen molar-refractivity contribution in [2.24, 2.45) is 0 Å². The minimum Gasteiger partial charge on any atom is -0.358 e. The lowest BCUT2D eigenvalue weighted by Crippen LogP contribution is -2.39. The Morgan fingerprint density at radius 1 is 1.12 bits per heavy atom. The molecule has 1 atom stereocenters. The molecule has 3 aromatic rings. The summed E-state index contributed by atoms with van der Waals surface area (Å²) in [5.74, 6) is 0. The normalized spacial score (nSPS) is 17.6. The van der Waals surface area contributed by atoms with E-state index in [9.17, 15) is 8.42 Å². The van der Waals surface area contributed by atoms with Gasteiger partial charge in [0, 0.05) is 22.6 Å². The first-order chi connectivity index (χ1) is 11.9. The van der Waals surface area contributed by atoms with E-state index in [4.69, 9.17) is 0 Å². The molecule has 2 aromatic carbocycles. The van der Waals surface area contributed by atoms with Crippen molar-refractivity contribution < 1.29 is 8.42 Å². The van der Waals surface area contributed by atoms with Crippen LogP contribution in [0.4, 0.5) is 0 Å². The highest BCUT2D eigenvalue weighted by Gasteiger charge is 2.27. The largest absolute Gasteiger partial charge is 0.358 e. The van der Waals surface area contributed by atoms with Crippen molar-refractivity contribution in [2.75, 3.05) is 0 Å². The van der Waals surface area contributed by atoms with Crippen LogP contribution in [0.25, 0.3) is 10.9 Å². The molecule has 0 amide bonds. The number of H-pyrrole nitrogens is 1. The van der Waals surface area contributed by atoms with Gasteiger partial charge in [0.05, 0.1) is 4.90 Å². The molecule has 0 radical (unpaired) electrons. The fourth-order valence-corrected chi connectivity index (χ4v) is 5.35. The van der Waals surface area contributed by atoms with Gasteiger partial charge in [-0.3, -0.25) is 0 Å². The van der Waals surface area contributed by atoms with E-state index in [1.165, 1.54) is 16.6 Å². The molecule has 1 heterocycles. The van der Waals surface area contributed by atoms with Crippen LogP contribution in [0.3, 0.4) is 0 Å². The zero-order chi connectivity index (χ0) is 17.6. The molecular weight excluding hydrogens is 332 g/mol. The SMILES string of the molecule is Cc1ccc(C)c(S(=O)(=O)NC2CCc3[nH]c4ccccc4c3C2)c1. The summed E-state index contributed by atoms with van der Waals surface area (Å²) in [7, 11) is -3.51. The van der Waals surface area contributed by atoms with Gasteiger partial charge in [-0.2, -0.15) is 0 Å². The van der Waals surface area contributed by atoms with E-state index in [0.29, 0.717) is 4.90 Å². The van der Waals surface area contributed by atoms with Gasteiger partial charge < -0.3 is 4.98 Å². The fraction of sp³-hybridized carbons (Fsp3) is 0.300. The number of aromatic nitrogens is 1. The molecule has 130 valence electrons. The third kappa shape index (κ3) is 2.98. The lowest BCUT2D eigenvalue weighted by Gasteiger charge is -2.24. The number of aromatic amines is 1. The smallest absolute Gasteiger partial charge is 0.241 e. The molecule has 4 rings (SSSR count). The number of hydrogen-bond acceptors (Lipinski definition) is 2. The Morgan fingerprint density at radius 2 is 1.92 bits per heavy atom. The van der Waals surface area contributed by atoms with Crippen molar-refractivity contribution in [3.05, 3.63) is 64.8 Å². The van der Waals surface area contributed by atoms with Gasteiger partial charge in [-0.1, -0.05) is 30.3 Å². The Bertz CT molecular complexity index is 1050. The number of sulfonamides is 1. The van der Waals surface area contributed by atoms with Gasteiger partial charge in [-0.25, -0.2) is 13.1 Å². The number of hydrogen-bond donors (Lipinski definition) is 2. The second-order valence-electron chi connectivity index (χ2n) is 6.96. The molecule has 5 heteroatoms. The predicted molar refractivity (Wildman–Crippen MR) is 100 cm³/mol. The first-order valence-electron chi connectivity index (χ1n) is 8.62. The van der Waals surface area contributed by atoms with Crippen LogP contribution in [0.5, 0.6) is 0 Å². The third-order valence-corrected chi connectivity index (χ3v) is 6.71. The molecule has 1 unspecified atom stereocenters. The summed E-state index contributed by atoms with van der Waals surface area (Å²) in [6, 6.07) is 13.7. The highest BCUT2D eigenvalue weighted by atomic mass is 32.2. The Balaban J connectivity index is 1.63. The van der Waals surface area contributed by atoms with E-state index < -0.39 is 10.0 Å². The van der Waals surface area contributed by atoms with E-state index >= 15 is 0 Å². The summed E-state index contributed by atoms with van der Waals surface area (Å²) in [4.78, 5) is 3.86. The van der Waals surface area contributed by atoms with Gasteiger partial charge in [-0.05, 0) is 61.9 Å². The molecule has 4 nitrogen and oxygen atoms in total. The summed E-state index contributed by atoms with van der Waals surface area (Å²) < 4.78 is 28.7. The molecule has 1 aliphatic carbocycles. The average Bonchev–Trinajstić information content (AvgIpc) is 2.95. The summed E-state index contributed by atoms with van der Waals surface area (Å²) >= 11 is 0. The quantitative estimate of drug-likeness (QED) is 0.755. The molecule has 0 spiro atoms. The topological polar surface area (TPSA) is 62.0 Å². The maximum atomic E-state index is 12.9. The summed E-state index contributed by atoms with van der Waals surface area (Å²) in [6.45, 7) is 3.75. The highest BCUT2D eigenvalue weighted by Crippen LogP contribution is 2.30. The summed E-state index contributed by atoms with van der Waals surface area (Å²) in [5, 5.41) is 1.20. The molecule has 0 saturated heterocycles. The Kier molecular flexibility index (Phi) is 3.93. The van der Waals surface area contributed by atoms with Crippen molar-refractivity contribution in [3.8, 4) is 0 Å². The van der Waals surface area contributed by atoms with Gasteiger partial charge in [0.1, 0.15) is 0 Å². The second kappa shape index (κ2) is 6.00. The van der Waals surface area contributed by atoms with Crippen LogP contribution in [0.2, 0.25) is 0 Å². The number of rotatable bonds is 3. The average molecular weight is 354 g/mol. The first-order valence-corrected chi connectivity index (χ1v) is 10.1. The molecule has 0 saturated carbocycles. The zero-order valence-electron chi connectivity index (χ0n) is 14.5. The van der Waals surface area contributed by atoms with Crippen LogP contribution >= 0.6 is 0 Å². The number of nitrogens with one attached hydrogen (secondary N) is 2. The molecule has 2 N–H and O–H groups in total. The molecule has 1 aliphatic rings. The highest BCUT2D eigenvalue weighted by molar-refractivity contribution is 7.89. The van der Waals surface area contributed by atoms with Crippen molar-refractivity contribution in [1.82, 2.24) is 9.71 Å². The monoisotopic (exact) mass is 354 g/mol. The lowest BCUT2D eigenvalue weighted by molar-refractivity contribution is 0.506. The van der Waals surface area contributed by atoms with Crippen LogP contribution in [0.1, 0.15) is 28.8 Å². The number of fused-ring (bicyclic) bond motifs is 3. The molecule has 25 heavy (non-hydrogen) atoms.